The molecular weight excluding hydrogens is 212 g/mol. The highest BCUT2D eigenvalue weighted by Gasteiger charge is 2.23. The molecule has 4 nitrogen and oxygen atoms in total. The average molecular weight is 234 g/mol. The number of nitrogens with zero attached hydrogens (tertiary/aromatic N) is 3. The van der Waals surface area contributed by atoms with Gasteiger partial charge in [-0.15, -0.1) is 0 Å². The molecule has 1 aliphatic rings. The lowest BCUT2D eigenvalue weighted by atomic mass is 10.1. The van der Waals surface area contributed by atoms with E-state index in [0.29, 0.717) is 0 Å². The molecule has 1 unspecified atom stereocenters. The average Bonchev–Trinajstić information content (AvgIpc) is 2.80. The Morgan fingerprint density at radius 1 is 1.41 bits per heavy atom. The minimum Gasteiger partial charge on any atom is -0.340 e. The van der Waals surface area contributed by atoms with Crippen molar-refractivity contribution in [2.45, 2.75) is 26.2 Å². The second-order valence-corrected chi connectivity index (χ2v) is 4.80. The summed E-state index contributed by atoms with van der Waals surface area (Å²) in [5, 5.41) is 3.24. The number of hydrogen-bond acceptors (Lipinski definition) is 4. The van der Waals surface area contributed by atoms with Gasteiger partial charge >= 0.3 is 0 Å². The van der Waals surface area contributed by atoms with Crippen LogP contribution in [0.25, 0.3) is 0 Å². The molecule has 1 atom stereocenters. The molecule has 1 fully saturated rings. The highest BCUT2D eigenvalue weighted by Crippen LogP contribution is 2.19. The maximum atomic E-state index is 4.47. The third-order valence-corrected chi connectivity index (χ3v) is 3.29. The smallest absolute Gasteiger partial charge is 0.225 e. The number of aromatic nitrogens is 2. The molecule has 0 spiro atoms. The minimum absolute atomic E-state index is 0.735. The molecule has 2 rings (SSSR count). The van der Waals surface area contributed by atoms with E-state index in [2.05, 4.69) is 27.1 Å². The maximum Gasteiger partial charge on any atom is 0.225 e. The van der Waals surface area contributed by atoms with Gasteiger partial charge in [0.05, 0.1) is 0 Å². The number of rotatable bonds is 5. The van der Waals surface area contributed by atoms with Crippen molar-refractivity contribution in [1.29, 1.82) is 0 Å². The predicted octanol–water partition coefficient (Wildman–Crippen LogP) is 1.47. The van der Waals surface area contributed by atoms with Crippen molar-refractivity contribution >= 4 is 5.95 Å². The summed E-state index contributed by atoms with van der Waals surface area (Å²) in [4.78, 5) is 11.2. The van der Waals surface area contributed by atoms with Crippen molar-refractivity contribution in [1.82, 2.24) is 15.3 Å². The van der Waals surface area contributed by atoms with Crippen LogP contribution >= 0.6 is 0 Å². The first-order chi connectivity index (χ1) is 8.33. The van der Waals surface area contributed by atoms with Crippen LogP contribution in [0.15, 0.2) is 12.4 Å². The largest absolute Gasteiger partial charge is 0.340 e. The highest BCUT2D eigenvalue weighted by atomic mass is 15.3. The third-order valence-electron chi connectivity index (χ3n) is 3.29. The maximum absolute atomic E-state index is 4.47. The molecule has 1 aromatic heterocycles. The lowest BCUT2D eigenvalue weighted by Gasteiger charge is -2.16. The number of anilines is 1. The van der Waals surface area contributed by atoms with E-state index >= 15 is 0 Å². The van der Waals surface area contributed by atoms with Crippen LogP contribution in [0.5, 0.6) is 0 Å². The van der Waals surface area contributed by atoms with E-state index in [1.807, 2.05) is 19.4 Å². The van der Waals surface area contributed by atoms with Crippen LogP contribution in [0.2, 0.25) is 0 Å². The summed E-state index contributed by atoms with van der Waals surface area (Å²) in [7, 11) is 2.01. The Labute approximate surface area is 103 Å². The summed E-state index contributed by atoms with van der Waals surface area (Å²) in [5.41, 5.74) is 1.24. The van der Waals surface area contributed by atoms with Gasteiger partial charge in [0.25, 0.3) is 0 Å². The Hall–Kier alpha value is -1.16. The standard InChI is InChI=1S/C13H22N4/c1-3-4-11-8-15-13(16-9-11)17-6-5-12(10-17)7-14-2/h8-9,12,14H,3-7,10H2,1-2H3. The molecule has 0 saturated carbocycles. The minimum atomic E-state index is 0.735. The van der Waals surface area contributed by atoms with E-state index in [0.717, 1.165) is 44.3 Å². The Balaban J connectivity index is 1.94. The molecule has 2 heterocycles. The van der Waals surface area contributed by atoms with Crippen LogP contribution in [0.3, 0.4) is 0 Å². The Morgan fingerprint density at radius 3 is 2.82 bits per heavy atom. The van der Waals surface area contributed by atoms with Crippen LogP contribution in [0.1, 0.15) is 25.3 Å². The van der Waals surface area contributed by atoms with Crippen LogP contribution in [0.4, 0.5) is 5.95 Å². The second kappa shape index (κ2) is 5.96. The summed E-state index contributed by atoms with van der Waals surface area (Å²) >= 11 is 0. The lowest BCUT2D eigenvalue weighted by molar-refractivity contribution is 0.548. The van der Waals surface area contributed by atoms with Crippen molar-refractivity contribution < 1.29 is 0 Å². The number of nitrogens with one attached hydrogen (secondary N) is 1. The van der Waals surface area contributed by atoms with Crippen molar-refractivity contribution in [3.63, 3.8) is 0 Å². The summed E-state index contributed by atoms with van der Waals surface area (Å²) < 4.78 is 0. The molecule has 0 amide bonds. The van der Waals surface area contributed by atoms with Crippen molar-refractivity contribution in [3.8, 4) is 0 Å². The number of hydrogen-bond donors (Lipinski definition) is 1. The third kappa shape index (κ3) is 3.16. The Bertz CT molecular complexity index is 336. The van der Waals surface area contributed by atoms with Crippen molar-refractivity contribution in [3.05, 3.63) is 18.0 Å². The first kappa shape index (κ1) is 12.3. The Kier molecular flexibility index (Phi) is 4.31. The van der Waals surface area contributed by atoms with Crippen LogP contribution in [-0.2, 0) is 6.42 Å². The molecule has 17 heavy (non-hydrogen) atoms. The summed E-state index contributed by atoms with van der Waals surface area (Å²) in [6.45, 7) is 5.43. The van der Waals surface area contributed by atoms with Gasteiger partial charge in [-0.3, -0.25) is 0 Å². The molecule has 0 aromatic carbocycles. The normalized spacial score (nSPS) is 19.9. The van der Waals surface area contributed by atoms with E-state index < -0.39 is 0 Å². The van der Waals surface area contributed by atoms with E-state index in [9.17, 15) is 0 Å². The predicted molar refractivity (Wildman–Crippen MR) is 70.3 cm³/mol. The zero-order valence-corrected chi connectivity index (χ0v) is 10.8. The quantitative estimate of drug-likeness (QED) is 0.838. The lowest BCUT2D eigenvalue weighted by Crippen LogP contribution is -2.25. The molecular formula is C13H22N4. The fourth-order valence-electron chi connectivity index (χ4n) is 2.40. The van der Waals surface area contributed by atoms with Gasteiger partial charge < -0.3 is 10.2 Å². The molecule has 1 saturated heterocycles. The Morgan fingerprint density at radius 2 is 2.18 bits per heavy atom. The van der Waals surface area contributed by atoms with Gasteiger partial charge in [-0.05, 0) is 37.9 Å². The topological polar surface area (TPSA) is 41.1 Å². The molecule has 0 bridgehead atoms. The van der Waals surface area contributed by atoms with E-state index in [1.54, 1.807) is 0 Å². The molecule has 1 N–H and O–H groups in total. The van der Waals surface area contributed by atoms with Gasteiger partial charge in [-0.2, -0.15) is 0 Å². The fourth-order valence-corrected chi connectivity index (χ4v) is 2.40. The van der Waals surface area contributed by atoms with E-state index in [-0.39, 0.29) is 0 Å². The molecule has 94 valence electrons. The molecule has 1 aliphatic heterocycles. The van der Waals surface area contributed by atoms with Crippen molar-refractivity contribution in [2.75, 3.05) is 31.6 Å². The van der Waals surface area contributed by atoms with Gasteiger partial charge in [0.15, 0.2) is 0 Å². The van der Waals surface area contributed by atoms with Gasteiger partial charge in [-0.25, -0.2) is 9.97 Å². The zero-order valence-electron chi connectivity index (χ0n) is 10.8. The van der Waals surface area contributed by atoms with Crippen molar-refractivity contribution in [2.24, 2.45) is 5.92 Å². The monoisotopic (exact) mass is 234 g/mol. The summed E-state index contributed by atoms with van der Waals surface area (Å²) in [6, 6.07) is 0. The summed E-state index contributed by atoms with van der Waals surface area (Å²) in [5.74, 6) is 1.63. The SMILES string of the molecule is CCCc1cnc(N2CCC(CNC)C2)nc1. The number of aryl methyl sites for hydroxylation is 1. The van der Waals surface area contributed by atoms with Gasteiger partial charge in [0.1, 0.15) is 0 Å². The molecule has 1 aromatic rings. The van der Waals surface area contributed by atoms with Gasteiger partial charge in [0, 0.05) is 25.5 Å². The fraction of sp³-hybridized carbons (Fsp3) is 0.692. The second-order valence-electron chi connectivity index (χ2n) is 4.80. The van der Waals surface area contributed by atoms with Crippen LogP contribution < -0.4 is 10.2 Å². The first-order valence-electron chi connectivity index (χ1n) is 6.54. The van der Waals surface area contributed by atoms with Gasteiger partial charge in [0.2, 0.25) is 5.95 Å². The molecule has 0 aliphatic carbocycles. The first-order valence-corrected chi connectivity index (χ1v) is 6.54. The molecule has 0 radical (unpaired) electrons. The van der Waals surface area contributed by atoms with E-state index in [4.69, 9.17) is 0 Å². The van der Waals surface area contributed by atoms with Crippen LogP contribution in [0, 0.1) is 5.92 Å². The molecule has 4 heteroatoms. The van der Waals surface area contributed by atoms with E-state index in [1.165, 1.54) is 12.0 Å². The summed E-state index contributed by atoms with van der Waals surface area (Å²) in [6.07, 6.45) is 7.40. The van der Waals surface area contributed by atoms with Gasteiger partial charge in [-0.1, -0.05) is 13.3 Å². The zero-order chi connectivity index (χ0) is 12.1. The van der Waals surface area contributed by atoms with Crippen LogP contribution in [-0.4, -0.2) is 36.6 Å². The highest BCUT2D eigenvalue weighted by molar-refractivity contribution is 5.31.